The second-order valence-corrected chi connectivity index (χ2v) is 6.34. The molecule has 0 aliphatic carbocycles. The van der Waals surface area contributed by atoms with Gasteiger partial charge < -0.3 is 11.1 Å². The molecule has 0 bridgehead atoms. The van der Waals surface area contributed by atoms with Crippen LogP contribution in [0, 0.1) is 27.7 Å². The van der Waals surface area contributed by atoms with Gasteiger partial charge in [-0.2, -0.15) is 4.98 Å². The lowest BCUT2D eigenvalue weighted by atomic mass is 9.93. The summed E-state index contributed by atoms with van der Waals surface area (Å²) in [4.78, 5) is 9.15. The minimum atomic E-state index is 0.423. The largest absolute Gasteiger partial charge is 0.383 e. The second-order valence-electron chi connectivity index (χ2n) is 6.34. The lowest BCUT2D eigenvalue weighted by Crippen LogP contribution is -2.11. The number of aryl methyl sites for hydroxylation is 4. The van der Waals surface area contributed by atoms with Gasteiger partial charge in [0.2, 0.25) is 5.95 Å². The van der Waals surface area contributed by atoms with Crippen molar-refractivity contribution in [3.8, 4) is 0 Å². The molecule has 1 heterocycles. The Morgan fingerprint density at radius 3 is 2.04 bits per heavy atom. The van der Waals surface area contributed by atoms with Crippen LogP contribution in [0.3, 0.4) is 0 Å². The highest BCUT2D eigenvalue weighted by Gasteiger charge is 2.17. The van der Waals surface area contributed by atoms with Gasteiger partial charge >= 0.3 is 0 Å². The smallest absolute Gasteiger partial charge is 0.229 e. The lowest BCUT2D eigenvalue weighted by Gasteiger charge is -2.19. The highest BCUT2D eigenvalue weighted by Crippen LogP contribution is 2.31. The quantitative estimate of drug-likeness (QED) is 0.820. The van der Waals surface area contributed by atoms with Crippen molar-refractivity contribution in [2.75, 3.05) is 11.1 Å². The van der Waals surface area contributed by atoms with Gasteiger partial charge in [-0.3, -0.25) is 0 Å². The summed E-state index contributed by atoms with van der Waals surface area (Å²) in [5.74, 6) is 1.59. The molecule has 0 spiro atoms. The summed E-state index contributed by atoms with van der Waals surface area (Å²) in [5, 5.41) is 3.35. The molecule has 0 radical (unpaired) electrons. The molecule has 2 rings (SSSR count). The molecule has 1 aromatic carbocycles. The molecule has 0 aliphatic rings. The van der Waals surface area contributed by atoms with Crippen molar-refractivity contribution in [1.29, 1.82) is 0 Å². The van der Waals surface area contributed by atoms with Gasteiger partial charge in [0, 0.05) is 16.9 Å². The topological polar surface area (TPSA) is 63.8 Å². The number of nitrogens with one attached hydrogen (secondary N) is 1. The van der Waals surface area contributed by atoms with Crippen LogP contribution >= 0.6 is 0 Å². The Hall–Kier alpha value is -2.10. The number of benzene rings is 1. The van der Waals surface area contributed by atoms with E-state index in [1.807, 2.05) is 6.92 Å². The van der Waals surface area contributed by atoms with E-state index in [1.54, 1.807) is 0 Å². The summed E-state index contributed by atoms with van der Waals surface area (Å²) in [6.45, 7) is 12.7. The van der Waals surface area contributed by atoms with Crippen LogP contribution in [0.5, 0.6) is 0 Å². The molecule has 23 heavy (non-hydrogen) atoms. The Morgan fingerprint density at radius 1 is 1.00 bits per heavy atom. The molecule has 0 unspecified atom stereocenters. The van der Waals surface area contributed by atoms with Crippen LogP contribution in [0.2, 0.25) is 0 Å². The van der Waals surface area contributed by atoms with Crippen LogP contribution < -0.4 is 11.1 Å². The van der Waals surface area contributed by atoms with E-state index in [4.69, 9.17) is 5.73 Å². The maximum absolute atomic E-state index is 6.24. The molecule has 0 saturated carbocycles. The first-order valence-electron chi connectivity index (χ1n) is 8.36. The van der Waals surface area contributed by atoms with Crippen molar-refractivity contribution in [3.05, 3.63) is 40.1 Å². The number of hydrogen-bond acceptors (Lipinski definition) is 4. The van der Waals surface area contributed by atoms with Crippen molar-refractivity contribution >= 4 is 17.5 Å². The molecule has 0 fully saturated rings. The predicted octanol–water partition coefficient (Wildman–Crippen LogP) is 4.94. The third-order valence-corrected chi connectivity index (χ3v) is 4.47. The number of hydrogen-bond donors (Lipinski definition) is 2. The summed E-state index contributed by atoms with van der Waals surface area (Å²) >= 11 is 0. The molecule has 2 aromatic rings. The monoisotopic (exact) mass is 312 g/mol. The van der Waals surface area contributed by atoms with Gasteiger partial charge in [-0.05, 0) is 57.6 Å². The molecule has 1 aromatic heterocycles. The first kappa shape index (κ1) is 17.3. The molecule has 0 aliphatic heterocycles. The fourth-order valence-corrected chi connectivity index (χ4v) is 3.35. The van der Waals surface area contributed by atoms with Crippen LogP contribution in [-0.4, -0.2) is 9.97 Å². The predicted molar refractivity (Wildman–Crippen MR) is 98.4 cm³/mol. The highest BCUT2D eigenvalue weighted by atomic mass is 15.1. The maximum Gasteiger partial charge on any atom is 0.229 e. The van der Waals surface area contributed by atoms with Gasteiger partial charge in [0.1, 0.15) is 5.82 Å². The average molecular weight is 312 g/mol. The van der Waals surface area contributed by atoms with Crippen LogP contribution in [0.1, 0.15) is 60.6 Å². The molecule has 0 atom stereocenters. The zero-order valence-electron chi connectivity index (χ0n) is 15.1. The average Bonchev–Trinajstić information content (AvgIpc) is 2.46. The van der Waals surface area contributed by atoms with E-state index < -0.39 is 0 Å². The van der Waals surface area contributed by atoms with E-state index in [0.29, 0.717) is 17.7 Å². The first-order chi connectivity index (χ1) is 10.9. The maximum atomic E-state index is 6.24. The molecular formula is C19H28N4. The number of aromatic nitrogens is 2. The minimum Gasteiger partial charge on any atom is -0.383 e. The fraction of sp³-hybridized carbons (Fsp3) is 0.474. The molecule has 124 valence electrons. The number of nitrogens with two attached hydrogens (primary N) is 1. The second kappa shape index (κ2) is 6.99. The van der Waals surface area contributed by atoms with E-state index in [1.165, 1.54) is 16.7 Å². The molecule has 4 nitrogen and oxygen atoms in total. The molecule has 0 amide bonds. The van der Waals surface area contributed by atoms with Crippen LogP contribution in [0.25, 0.3) is 0 Å². The van der Waals surface area contributed by atoms with E-state index in [9.17, 15) is 0 Å². The van der Waals surface area contributed by atoms with Crippen LogP contribution in [0.4, 0.5) is 17.5 Å². The van der Waals surface area contributed by atoms with Crippen molar-refractivity contribution in [1.82, 2.24) is 9.97 Å². The van der Waals surface area contributed by atoms with Gasteiger partial charge in [0.05, 0.1) is 0 Å². The van der Waals surface area contributed by atoms with Gasteiger partial charge in [0.25, 0.3) is 0 Å². The van der Waals surface area contributed by atoms with Crippen molar-refractivity contribution in [2.24, 2.45) is 0 Å². The normalized spacial score (nSPS) is 11.1. The van der Waals surface area contributed by atoms with Gasteiger partial charge in [-0.25, -0.2) is 4.98 Å². The Kier molecular flexibility index (Phi) is 5.24. The summed E-state index contributed by atoms with van der Waals surface area (Å²) in [6.07, 6.45) is 2.10. The minimum absolute atomic E-state index is 0.423. The molecular weight excluding hydrogens is 284 g/mol. The Morgan fingerprint density at radius 2 is 1.57 bits per heavy atom. The Balaban J connectivity index is 2.40. The summed E-state index contributed by atoms with van der Waals surface area (Å²) in [6, 6.07) is 4.31. The first-order valence-corrected chi connectivity index (χ1v) is 8.36. The van der Waals surface area contributed by atoms with Crippen molar-refractivity contribution in [3.63, 3.8) is 0 Å². The SMILES string of the molecule is CCC(CC)c1c(C)nc(Nc2c(C)cc(C)cc2C)nc1N. The van der Waals surface area contributed by atoms with Gasteiger partial charge in [0.15, 0.2) is 0 Å². The van der Waals surface area contributed by atoms with E-state index >= 15 is 0 Å². The summed E-state index contributed by atoms with van der Waals surface area (Å²) < 4.78 is 0. The summed E-state index contributed by atoms with van der Waals surface area (Å²) in [5.41, 5.74) is 13.0. The highest BCUT2D eigenvalue weighted by molar-refractivity contribution is 5.65. The fourth-order valence-electron chi connectivity index (χ4n) is 3.35. The zero-order valence-corrected chi connectivity index (χ0v) is 15.1. The van der Waals surface area contributed by atoms with Crippen LogP contribution in [-0.2, 0) is 0 Å². The zero-order chi connectivity index (χ0) is 17.1. The Labute approximate surface area is 139 Å². The van der Waals surface area contributed by atoms with Crippen LogP contribution in [0.15, 0.2) is 12.1 Å². The number of nitrogen functional groups attached to an aromatic ring is 1. The Bertz CT molecular complexity index is 657. The molecule has 4 heteroatoms. The number of nitrogens with zero attached hydrogens (tertiary/aromatic N) is 2. The summed E-state index contributed by atoms with van der Waals surface area (Å²) in [7, 11) is 0. The standard InChI is InChI=1S/C19H28N4/c1-7-15(8-2)16-14(6)21-19(23-18(16)20)22-17-12(4)9-11(3)10-13(17)5/h9-10,15H,7-8H2,1-6H3,(H3,20,21,22,23). The van der Waals surface area contributed by atoms with E-state index in [0.717, 1.165) is 29.8 Å². The van der Waals surface area contributed by atoms with Gasteiger partial charge in [-0.1, -0.05) is 31.5 Å². The van der Waals surface area contributed by atoms with E-state index in [2.05, 4.69) is 62.0 Å². The van der Waals surface area contributed by atoms with Crippen molar-refractivity contribution < 1.29 is 0 Å². The molecule has 3 N–H and O–H groups in total. The van der Waals surface area contributed by atoms with E-state index in [-0.39, 0.29) is 0 Å². The third kappa shape index (κ3) is 3.63. The van der Waals surface area contributed by atoms with Crippen molar-refractivity contribution in [2.45, 2.75) is 60.3 Å². The number of anilines is 3. The lowest BCUT2D eigenvalue weighted by molar-refractivity contribution is 0.634. The number of rotatable bonds is 5. The third-order valence-electron chi connectivity index (χ3n) is 4.47. The van der Waals surface area contributed by atoms with Gasteiger partial charge in [-0.15, -0.1) is 0 Å². The molecule has 0 saturated heterocycles.